The van der Waals surface area contributed by atoms with Gasteiger partial charge in [-0.05, 0) is 51.0 Å². The van der Waals surface area contributed by atoms with Gasteiger partial charge in [-0.15, -0.1) is 0 Å². The lowest BCUT2D eigenvalue weighted by molar-refractivity contribution is 0.173. The van der Waals surface area contributed by atoms with E-state index in [1.165, 1.54) is 11.1 Å². The molecule has 0 radical (unpaired) electrons. The number of benzene rings is 2. The largest absolute Gasteiger partial charge is 0.452 e. The second-order valence-corrected chi connectivity index (χ2v) is 6.70. The van der Waals surface area contributed by atoms with Crippen LogP contribution in [0.25, 0.3) is 0 Å². The van der Waals surface area contributed by atoms with Gasteiger partial charge in [0.1, 0.15) is 0 Å². The minimum Gasteiger partial charge on any atom is -0.452 e. The summed E-state index contributed by atoms with van der Waals surface area (Å²) < 4.78 is 11.7. The van der Waals surface area contributed by atoms with Crippen molar-refractivity contribution in [1.29, 1.82) is 0 Å². The zero-order chi connectivity index (χ0) is 15.0. The van der Waals surface area contributed by atoms with Crippen LogP contribution >= 0.6 is 27.5 Å². The van der Waals surface area contributed by atoms with E-state index < -0.39 is 0 Å². The molecular weight excluding hydrogens is 352 g/mol. The van der Waals surface area contributed by atoms with Crippen LogP contribution in [0.1, 0.15) is 36.5 Å². The van der Waals surface area contributed by atoms with Crippen molar-refractivity contribution in [2.45, 2.75) is 26.2 Å². The van der Waals surface area contributed by atoms with Crippen LogP contribution in [0, 0.1) is 0 Å². The van der Waals surface area contributed by atoms with Gasteiger partial charge < -0.3 is 9.47 Å². The third kappa shape index (κ3) is 2.90. The van der Waals surface area contributed by atoms with Crippen LogP contribution in [0.2, 0.25) is 5.02 Å². The molecule has 0 bridgehead atoms. The Kier molecular flexibility index (Phi) is 4.14. The molecule has 2 nitrogen and oxygen atoms in total. The molecule has 1 aliphatic heterocycles. The molecule has 21 heavy (non-hydrogen) atoms. The van der Waals surface area contributed by atoms with Gasteiger partial charge in [0.05, 0.1) is 9.50 Å². The van der Waals surface area contributed by atoms with Crippen LogP contribution in [0.4, 0.5) is 0 Å². The fourth-order valence-electron chi connectivity index (χ4n) is 2.42. The van der Waals surface area contributed by atoms with E-state index in [9.17, 15) is 0 Å². The number of fused-ring (bicyclic) bond motifs is 1. The van der Waals surface area contributed by atoms with Crippen molar-refractivity contribution in [2.75, 3.05) is 6.79 Å². The highest BCUT2D eigenvalue weighted by Crippen LogP contribution is 2.46. The third-order valence-electron chi connectivity index (χ3n) is 3.65. The predicted molar refractivity (Wildman–Crippen MR) is 88.6 cm³/mol. The van der Waals surface area contributed by atoms with Gasteiger partial charge in [0, 0.05) is 0 Å². The van der Waals surface area contributed by atoms with Gasteiger partial charge in [-0.25, -0.2) is 0 Å². The zero-order valence-electron chi connectivity index (χ0n) is 12.0. The average Bonchev–Trinajstić information content (AvgIpc) is 2.95. The normalized spacial score (nSPS) is 13.0. The van der Waals surface area contributed by atoms with E-state index in [0.29, 0.717) is 22.4 Å². The Bertz CT molecular complexity index is 665. The monoisotopic (exact) mass is 366 g/mol. The summed E-state index contributed by atoms with van der Waals surface area (Å²) in [7, 11) is 0. The molecule has 0 fully saturated rings. The Hall–Kier alpha value is -1.19. The van der Waals surface area contributed by atoms with Crippen molar-refractivity contribution in [3.8, 4) is 11.5 Å². The maximum atomic E-state index is 6.43. The van der Waals surface area contributed by atoms with E-state index in [4.69, 9.17) is 21.1 Å². The van der Waals surface area contributed by atoms with E-state index in [-0.39, 0.29) is 6.79 Å². The van der Waals surface area contributed by atoms with Gasteiger partial charge in [0.15, 0.2) is 11.5 Å². The van der Waals surface area contributed by atoms with Crippen molar-refractivity contribution >= 4 is 27.5 Å². The molecule has 0 atom stereocenters. The molecule has 1 aliphatic rings. The first kappa shape index (κ1) is 14.7. The minimum atomic E-state index is 0.222. The van der Waals surface area contributed by atoms with Gasteiger partial charge in [-0.1, -0.05) is 49.7 Å². The van der Waals surface area contributed by atoms with Gasteiger partial charge >= 0.3 is 0 Å². The summed E-state index contributed by atoms with van der Waals surface area (Å²) in [6.07, 6.45) is 0.770. The Morgan fingerprint density at radius 1 is 1.14 bits per heavy atom. The second kappa shape index (κ2) is 5.90. The summed E-state index contributed by atoms with van der Waals surface area (Å²) in [5.74, 6) is 1.88. The molecule has 0 aromatic heterocycles. The molecule has 0 spiro atoms. The highest BCUT2D eigenvalue weighted by molar-refractivity contribution is 9.10. The SMILES string of the molecule is CC(C)c1ccc(Cc2cc(Br)c3c(c2Cl)OCO3)cc1. The highest BCUT2D eigenvalue weighted by Gasteiger charge is 2.23. The molecule has 2 aromatic rings. The smallest absolute Gasteiger partial charge is 0.231 e. The minimum absolute atomic E-state index is 0.222. The summed E-state index contributed by atoms with van der Waals surface area (Å²) in [4.78, 5) is 0. The van der Waals surface area contributed by atoms with Crippen molar-refractivity contribution in [1.82, 2.24) is 0 Å². The van der Waals surface area contributed by atoms with Gasteiger partial charge in [-0.3, -0.25) is 0 Å². The number of halogens is 2. The standard InChI is InChI=1S/C17H16BrClO2/c1-10(2)12-5-3-11(4-6-12)7-13-8-14(18)16-17(15(13)19)21-9-20-16/h3-6,8,10H,7,9H2,1-2H3. The van der Waals surface area contributed by atoms with Crippen LogP contribution in [0.5, 0.6) is 11.5 Å². The number of ether oxygens (including phenoxy) is 2. The fourth-order valence-corrected chi connectivity index (χ4v) is 3.25. The van der Waals surface area contributed by atoms with Crippen molar-refractivity contribution in [3.63, 3.8) is 0 Å². The molecule has 110 valence electrons. The molecular formula is C17H16BrClO2. The molecule has 0 N–H and O–H groups in total. The van der Waals surface area contributed by atoms with Gasteiger partial charge in [0.25, 0.3) is 0 Å². The quantitative estimate of drug-likeness (QED) is 0.708. The van der Waals surface area contributed by atoms with Gasteiger partial charge in [-0.2, -0.15) is 0 Å². The molecule has 3 rings (SSSR count). The second-order valence-electron chi connectivity index (χ2n) is 5.47. The molecule has 0 aliphatic carbocycles. The summed E-state index contributed by atoms with van der Waals surface area (Å²) in [6.45, 7) is 4.61. The Labute approximate surface area is 138 Å². The maximum absolute atomic E-state index is 6.43. The lowest BCUT2D eigenvalue weighted by atomic mass is 9.99. The van der Waals surface area contributed by atoms with E-state index in [0.717, 1.165) is 16.5 Å². The average molecular weight is 368 g/mol. The molecule has 4 heteroatoms. The Morgan fingerprint density at radius 2 is 1.81 bits per heavy atom. The van der Waals surface area contributed by atoms with Crippen molar-refractivity contribution in [2.24, 2.45) is 0 Å². The predicted octanol–water partition coefficient (Wildman–Crippen LogP) is 5.55. The van der Waals surface area contributed by atoms with Crippen LogP contribution < -0.4 is 9.47 Å². The Balaban J connectivity index is 1.90. The molecule has 1 heterocycles. The van der Waals surface area contributed by atoms with E-state index in [1.807, 2.05) is 6.07 Å². The first-order chi connectivity index (χ1) is 10.1. The highest BCUT2D eigenvalue weighted by atomic mass is 79.9. The van der Waals surface area contributed by atoms with Crippen LogP contribution in [-0.2, 0) is 6.42 Å². The summed E-state index contributed by atoms with van der Waals surface area (Å²) in [5.41, 5.74) is 3.61. The maximum Gasteiger partial charge on any atom is 0.231 e. The third-order valence-corrected chi connectivity index (χ3v) is 4.66. The first-order valence-electron chi connectivity index (χ1n) is 6.91. The van der Waals surface area contributed by atoms with E-state index >= 15 is 0 Å². The fraction of sp³-hybridized carbons (Fsp3) is 0.294. The van der Waals surface area contributed by atoms with Crippen molar-refractivity contribution in [3.05, 3.63) is 56.5 Å². The van der Waals surface area contributed by atoms with Crippen LogP contribution in [0.15, 0.2) is 34.8 Å². The summed E-state index contributed by atoms with van der Waals surface area (Å²) >= 11 is 9.94. The summed E-state index contributed by atoms with van der Waals surface area (Å²) in [6, 6.07) is 10.7. The van der Waals surface area contributed by atoms with Crippen LogP contribution in [0.3, 0.4) is 0 Å². The lowest BCUT2D eigenvalue weighted by Crippen LogP contribution is -1.94. The molecule has 0 amide bonds. The molecule has 2 aromatic carbocycles. The van der Waals surface area contributed by atoms with Gasteiger partial charge in [0.2, 0.25) is 6.79 Å². The first-order valence-corrected chi connectivity index (χ1v) is 8.08. The van der Waals surface area contributed by atoms with E-state index in [1.54, 1.807) is 0 Å². The number of hydrogen-bond acceptors (Lipinski definition) is 2. The molecule has 0 saturated carbocycles. The summed E-state index contributed by atoms with van der Waals surface area (Å²) in [5, 5.41) is 0.638. The lowest BCUT2D eigenvalue weighted by Gasteiger charge is -2.10. The molecule has 0 unspecified atom stereocenters. The number of rotatable bonds is 3. The number of hydrogen-bond donors (Lipinski definition) is 0. The van der Waals surface area contributed by atoms with Crippen molar-refractivity contribution < 1.29 is 9.47 Å². The van der Waals surface area contributed by atoms with E-state index in [2.05, 4.69) is 54.0 Å². The Morgan fingerprint density at radius 3 is 2.48 bits per heavy atom. The molecule has 0 saturated heterocycles. The topological polar surface area (TPSA) is 18.5 Å². The van der Waals surface area contributed by atoms with Crippen LogP contribution in [-0.4, -0.2) is 6.79 Å². The zero-order valence-corrected chi connectivity index (χ0v) is 14.3.